The molecule has 8 heteroatoms. The molecule has 1 aliphatic heterocycles. The first kappa shape index (κ1) is 24.4. The van der Waals surface area contributed by atoms with Crippen molar-refractivity contribution in [3.63, 3.8) is 0 Å². The van der Waals surface area contributed by atoms with Crippen LogP contribution in [0.1, 0.15) is 46.7 Å². The number of amides is 1. The van der Waals surface area contributed by atoms with Gasteiger partial charge in [0, 0.05) is 24.7 Å². The number of aromatic nitrogens is 1. The summed E-state index contributed by atoms with van der Waals surface area (Å²) in [4.78, 5) is 17.5. The molecule has 1 aromatic heterocycles. The van der Waals surface area contributed by atoms with E-state index in [4.69, 9.17) is 5.73 Å². The number of carbonyl (C=O) groups excluding carboxylic acids is 1. The molecule has 0 spiro atoms. The summed E-state index contributed by atoms with van der Waals surface area (Å²) in [5.74, 6) is -0.0628. The maximum absolute atomic E-state index is 12.8. The molecule has 1 amide bonds. The molecule has 182 valence electrons. The summed E-state index contributed by atoms with van der Waals surface area (Å²) in [5.41, 5.74) is 11.2. The van der Waals surface area contributed by atoms with Crippen molar-refractivity contribution in [3.05, 3.63) is 59.3 Å². The van der Waals surface area contributed by atoms with Gasteiger partial charge < -0.3 is 15.6 Å². The van der Waals surface area contributed by atoms with Crippen molar-refractivity contribution >= 4 is 26.8 Å². The lowest BCUT2D eigenvalue weighted by molar-refractivity contribution is 0.100. The van der Waals surface area contributed by atoms with Gasteiger partial charge in [-0.25, -0.2) is 12.7 Å². The van der Waals surface area contributed by atoms with Crippen molar-refractivity contribution in [1.82, 2.24) is 14.2 Å². The molecule has 3 N–H and O–H groups in total. The van der Waals surface area contributed by atoms with Crippen LogP contribution in [0.25, 0.3) is 22.0 Å². The predicted molar refractivity (Wildman–Crippen MR) is 137 cm³/mol. The maximum atomic E-state index is 12.8. The van der Waals surface area contributed by atoms with Crippen LogP contribution in [0.5, 0.6) is 0 Å². The maximum Gasteiger partial charge on any atom is 0.250 e. The minimum atomic E-state index is -3.24. The van der Waals surface area contributed by atoms with E-state index in [1.807, 2.05) is 50.3 Å². The second kappa shape index (κ2) is 9.90. The van der Waals surface area contributed by atoms with Gasteiger partial charge in [-0.3, -0.25) is 4.79 Å². The van der Waals surface area contributed by atoms with E-state index in [1.54, 1.807) is 4.31 Å². The van der Waals surface area contributed by atoms with Crippen LogP contribution in [0.2, 0.25) is 0 Å². The largest absolute Gasteiger partial charge is 0.366 e. The summed E-state index contributed by atoms with van der Waals surface area (Å²) in [6, 6.07) is 12.2. The second-order valence-electron chi connectivity index (χ2n) is 9.57. The summed E-state index contributed by atoms with van der Waals surface area (Å²) in [5, 5.41) is 0.985. The van der Waals surface area contributed by atoms with Gasteiger partial charge in [0.25, 0.3) is 5.91 Å². The number of nitrogens with zero attached hydrogens (tertiary/aromatic N) is 2. The van der Waals surface area contributed by atoms with Crippen LogP contribution < -0.4 is 5.73 Å². The third kappa shape index (κ3) is 5.19. The Hall–Kier alpha value is -2.68. The number of piperidine rings is 1. The topological polar surface area (TPSA) is 99.5 Å². The molecule has 0 radical (unpaired) electrons. The molecule has 0 bridgehead atoms. The average molecular weight is 483 g/mol. The fourth-order valence-corrected chi connectivity index (χ4v) is 6.35. The number of nitrogens with two attached hydrogens (primary N) is 1. The number of nitrogens with one attached hydrogen (secondary N) is 1. The number of sulfonamides is 1. The van der Waals surface area contributed by atoms with Gasteiger partial charge in [-0.15, -0.1) is 0 Å². The van der Waals surface area contributed by atoms with E-state index in [1.165, 1.54) is 5.56 Å². The second-order valence-corrected chi connectivity index (χ2v) is 11.7. The Bertz CT molecular complexity index is 1270. The zero-order valence-corrected chi connectivity index (χ0v) is 21.0. The lowest BCUT2D eigenvalue weighted by Crippen LogP contribution is -2.39. The number of hydrogen-bond acceptors (Lipinski definition) is 4. The summed E-state index contributed by atoms with van der Waals surface area (Å²) in [6.45, 7) is 3.83. The van der Waals surface area contributed by atoms with E-state index < -0.39 is 15.9 Å². The normalized spacial score (nSPS) is 15.9. The Morgan fingerprint density at radius 2 is 1.79 bits per heavy atom. The van der Waals surface area contributed by atoms with Gasteiger partial charge in [-0.1, -0.05) is 29.8 Å². The standard InChI is InChI=1S/C26H34N4O3S/c1-18-5-7-19(8-6-18)21-15-22-24(17-28-25(22)23(16-21)26(27)31)20-9-12-30(13-10-20)34(32,33)14-4-11-29(2)3/h5-8,15-17,20,28H,4,9-14H2,1-3H3,(H2,27,31). The van der Waals surface area contributed by atoms with Crippen molar-refractivity contribution in [1.29, 1.82) is 0 Å². The molecule has 0 saturated carbocycles. The summed E-state index contributed by atoms with van der Waals surface area (Å²) in [7, 11) is 0.663. The SMILES string of the molecule is Cc1ccc(-c2cc(C(N)=O)c3[nH]cc(C4CCN(S(=O)(=O)CCCN(C)C)CC4)c3c2)cc1. The smallest absolute Gasteiger partial charge is 0.250 e. The van der Waals surface area contributed by atoms with E-state index in [9.17, 15) is 13.2 Å². The van der Waals surface area contributed by atoms with Crippen LogP contribution in [0.4, 0.5) is 0 Å². The summed E-state index contributed by atoms with van der Waals surface area (Å²) in [6.07, 6.45) is 4.10. The number of hydrogen-bond donors (Lipinski definition) is 2. The quantitative estimate of drug-likeness (QED) is 0.511. The highest BCUT2D eigenvalue weighted by molar-refractivity contribution is 7.89. The van der Waals surface area contributed by atoms with Gasteiger partial charge in [0.15, 0.2) is 0 Å². The molecule has 4 rings (SSSR count). The number of carbonyl (C=O) groups is 1. The fraction of sp³-hybridized carbons (Fsp3) is 0.423. The first-order valence-corrected chi connectivity index (χ1v) is 13.4. The molecule has 7 nitrogen and oxygen atoms in total. The van der Waals surface area contributed by atoms with Crippen LogP contribution in [0.3, 0.4) is 0 Å². The van der Waals surface area contributed by atoms with Crippen molar-refractivity contribution in [2.75, 3.05) is 39.5 Å². The third-order valence-electron chi connectivity index (χ3n) is 6.77. The predicted octanol–water partition coefficient (Wildman–Crippen LogP) is 3.70. The lowest BCUT2D eigenvalue weighted by atomic mass is 9.88. The Balaban J connectivity index is 1.58. The van der Waals surface area contributed by atoms with E-state index in [-0.39, 0.29) is 11.7 Å². The minimum absolute atomic E-state index is 0.185. The van der Waals surface area contributed by atoms with Crippen LogP contribution in [0, 0.1) is 6.92 Å². The Morgan fingerprint density at radius 3 is 2.41 bits per heavy atom. The van der Waals surface area contributed by atoms with Crippen molar-refractivity contribution < 1.29 is 13.2 Å². The molecule has 0 aliphatic carbocycles. The molecule has 1 aliphatic rings. The summed E-state index contributed by atoms with van der Waals surface area (Å²) >= 11 is 0. The number of aromatic amines is 1. The Labute approximate surface area is 202 Å². The van der Waals surface area contributed by atoms with E-state index in [0.717, 1.165) is 47.0 Å². The zero-order chi connectivity index (χ0) is 24.5. The molecule has 2 heterocycles. The highest BCUT2D eigenvalue weighted by Gasteiger charge is 2.30. The average Bonchev–Trinajstić information content (AvgIpc) is 3.22. The molecular weight excluding hydrogens is 448 g/mol. The van der Waals surface area contributed by atoms with E-state index in [0.29, 0.717) is 25.1 Å². The van der Waals surface area contributed by atoms with Gasteiger partial charge in [-0.2, -0.15) is 0 Å². The molecular formula is C26H34N4O3S. The summed E-state index contributed by atoms with van der Waals surface area (Å²) < 4.78 is 27.2. The first-order chi connectivity index (χ1) is 16.2. The van der Waals surface area contributed by atoms with E-state index >= 15 is 0 Å². The van der Waals surface area contributed by atoms with Gasteiger partial charge in [0.1, 0.15) is 0 Å². The van der Waals surface area contributed by atoms with Gasteiger partial charge in [0.2, 0.25) is 10.0 Å². The van der Waals surface area contributed by atoms with Gasteiger partial charge in [0.05, 0.1) is 16.8 Å². The minimum Gasteiger partial charge on any atom is -0.366 e. The number of H-pyrrole nitrogens is 1. The third-order valence-corrected chi connectivity index (χ3v) is 8.72. The molecule has 34 heavy (non-hydrogen) atoms. The Kier molecular flexibility index (Phi) is 7.12. The molecule has 3 aromatic rings. The van der Waals surface area contributed by atoms with Crippen LogP contribution in [0.15, 0.2) is 42.6 Å². The van der Waals surface area contributed by atoms with Crippen molar-refractivity contribution in [2.45, 2.75) is 32.1 Å². The molecule has 1 saturated heterocycles. The molecule has 1 fully saturated rings. The van der Waals surface area contributed by atoms with Crippen molar-refractivity contribution in [2.24, 2.45) is 5.73 Å². The van der Waals surface area contributed by atoms with Gasteiger partial charge >= 0.3 is 0 Å². The monoisotopic (exact) mass is 482 g/mol. The number of fused-ring (bicyclic) bond motifs is 1. The van der Waals surface area contributed by atoms with Crippen molar-refractivity contribution in [3.8, 4) is 11.1 Å². The molecule has 2 aromatic carbocycles. The van der Waals surface area contributed by atoms with Crippen LogP contribution in [-0.4, -0.2) is 68.0 Å². The van der Waals surface area contributed by atoms with E-state index in [2.05, 4.69) is 23.2 Å². The lowest BCUT2D eigenvalue weighted by Gasteiger charge is -2.31. The highest BCUT2D eigenvalue weighted by Crippen LogP contribution is 2.37. The Morgan fingerprint density at radius 1 is 1.12 bits per heavy atom. The number of primary amides is 1. The van der Waals surface area contributed by atoms with Crippen LogP contribution >= 0.6 is 0 Å². The molecule has 0 unspecified atom stereocenters. The highest BCUT2D eigenvalue weighted by atomic mass is 32.2. The molecule has 0 atom stereocenters. The number of rotatable bonds is 8. The van der Waals surface area contributed by atoms with Crippen LogP contribution in [-0.2, 0) is 10.0 Å². The van der Waals surface area contributed by atoms with Gasteiger partial charge in [-0.05, 0) is 81.6 Å². The zero-order valence-electron chi connectivity index (χ0n) is 20.2. The number of aryl methyl sites for hydroxylation is 1. The number of benzene rings is 2. The fourth-order valence-electron chi connectivity index (χ4n) is 4.83. The first-order valence-electron chi connectivity index (χ1n) is 11.8.